The van der Waals surface area contributed by atoms with Crippen molar-refractivity contribution in [2.24, 2.45) is 0 Å². The molecule has 6 heteroatoms. The Morgan fingerprint density at radius 1 is 1.08 bits per heavy atom. The number of aryl methyl sites for hydroxylation is 1. The van der Waals surface area contributed by atoms with Gasteiger partial charge in [-0.15, -0.1) is 0 Å². The molecule has 3 rings (SSSR count). The molecule has 2 aliphatic heterocycles. The summed E-state index contributed by atoms with van der Waals surface area (Å²) in [5.74, 6) is -0.180. The van der Waals surface area contributed by atoms with Crippen LogP contribution in [0.4, 0.5) is 4.39 Å². The van der Waals surface area contributed by atoms with E-state index in [0.29, 0.717) is 25.2 Å². The molecule has 0 radical (unpaired) electrons. The molecule has 1 aromatic carbocycles. The van der Waals surface area contributed by atoms with Crippen molar-refractivity contribution in [1.29, 1.82) is 0 Å². The number of likely N-dealkylation sites (tertiary alicyclic amines) is 1. The molecular weight excluding hydrogens is 327 g/mol. The highest BCUT2D eigenvalue weighted by Crippen LogP contribution is 2.36. The molecule has 0 spiro atoms. The SMILES string of the molecule is Cc1cc(F)ccc1C1CCCCN1C1CCN(S(C)(=O)=O)CC1. The van der Waals surface area contributed by atoms with Gasteiger partial charge in [-0.2, -0.15) is 0 Å². The van der Waals surface area contributed by atoms with Crippen LogP contribution in [0.25, 0.3) is 0 Å². The Labute approximate surface area is 144 Å². The minimum atomic E-state index is -3.08. The summed E-state index contributed by atoms with van der Waals surface area (Å²) in [6.45, 7) is 4.24. The number of rotatable bonds is 3. The molecular formula is C18H27FN2O2S. The molecule has 0 aromatic heterocycles. The molecule has 134 valence electrons. The van der Waals surface area contributed by atoms with E-state index in [1.807, 2.05) is 13.0 Å². The van der Waals surface area contributed by atoms with Crippen molar-refractivity contribution in [3.63, 3.8) is 0 Å². The summed E-state index contributed by atoms with van der Waals surface area (Å²) >= 11 is 0. The maximum absolute atomic E-state index is 13.4. The highest BCUT2D eigenvalue weighted by atomic mass is 32.2. The van der Waals surface area contributed by atoms with Crippen LogP contribution in [0.5, 0.6) is 0 Å². The molecule has 2 fully saturated rings. The Morgan fingerprint density at radius 2 is 1.79 bits per heavy atom. The summed E-state index contributed by atoms with van der Waals surface area (Å²) in [5.41, 5.74) is 2.24. The fraction of sp³-hybridized carbons (Fsp3) is 0.667. The Morgan fingerprint density at radius 3 is 2.42 bits per heavy atom. The molecule has 0 aliphatic carbocycles. The van der Waals surface area contributed by atoms with E-state index in [0.717, 1.165) is 31.4 Å². The maximum Gasteiger partial charge on any atom is 0.211 e. The fourth-order valence-electron chi connectivity index (χ4n) is 4.24. The van der Waals surface area contributed by atoms with E-state index >= 15 is 0 Å². The van der Waals surface area contributed by atoms with Crippen LogP contribution in [0.1, 0.15) is 49.3 Å². The number of nitrogens with zero attached hydrogens (tertiary/aromatic N) is 2. The number of halogens is 1. The minimum Gasteiger partial charge on any atom is -0.293 e. The molecule has 0 saturated carbocycles. The normalized spacial score (nSPS) is 25.0. The largest absolute Gasteiger partial charge is 0.293 e. The summed E-state index contributed by atoms with van der Waals surface area (Å²) < 4.78 is 38.5. The van der Waals surface area contributed by atoms with E-state index in [9.17, 15) is 12.8 Å². The van der Waals surface area contributed by atoms with Gasteiger partial charge < -0.3 is 0 Å². The third kappa shape index (κ3) is 3.81. The lowest BCUT2D eigenvalue weighted by atomic mass is 9.89. The molecule has 2 heterocycles. The first-order valence-electron chi connectivity index (χ1n) is 8.83. The van der Waals surface area contributed by atoms with E-state index in [4.69, 9.17) is 0 Å². The van der Waals surface area contributed by atoms with Gasteiger partial charge in [-0.25, -0.2) is 17.1 Å². The predicted molar refractivity (Wildman–Crippen MR) is 93.9 cm³/mol. The van der Waals surface area contributed by atoms with Gasteiger partial charge in [0, 0.05) is 25.2 Å². The summed E-state index contributed by atoms with van der Waals surface area (Å²) in [4.78, 5) is 2.54. The first-order valence-corrected chi connectivity index (χ1v) is 10.7. The summed E-state index contributed by atoms with van der Waals surface area (Å²) in [5, 5.41) is 0. The Kier molecular flexibility index (Phi) is 5.27. The lowest BCUT2D eigenvalue weighted by Gasteiger charge is -2.44. The van der Waals surface area contributed by atoms with Crippen LogP contribution in [-0.2, 0) is 10.0 Å². The highest BCUT2D eigenvalue weighted by molar-refractivity contribution is 7.88. The molecule has 2 saturated heterocycles. The Balaban J connectivity index is 1.76. The second kappa shape index (κ2) is 7.10. The molecule has 0 bridgehead atoms. The van der Waals surface area contributed by atoms with Gasteiger partial charge in [0.25, 0.3) is 0 Å². The number of hydrogen-bond donors (Lipinski definition) is 0. The molecule has 0 amide bonds. The molecule has 4 nitrogen and oxygen atoms in total. The van der Waals surface area contributed by atoms with E-state index in [-0.39, 0.29) is 5.82 Å². The van der Waals surface area contributed by atoms with Gasteiger partial charge in [0.05, 0.1) is 6.26 Å². The van der Waals surface area contributed by atoms with Crippen molar-refractivity contribution in [3.8, 4) is 0 Å². The van der Waals surface area contributed by atoms with Gasteiger partial charge in [-0.05, 0) is 62.4 Å². The smallest absolute Gasteiger partial charge is 0.211 e. The average molecular weight is 354 g/mol. The zero-order valence-electron chi connectivity index (χ0n) is 14.5. The minimum absolute atomic E-state index is 0.180. The second-order valence-corrected chi connectivity index (χ2v) is 9.13. The standard InChI is InChI=1S/C18H27FN2O2S/c1-14-13-15(19)6-7-17(14)18-5-3-4-10-21(18)16-8-11-20(12-9-16)24(2,22)23/h6-7,13,16,18H,3-5,8-12H2,1-2H3. The number of piperidine rings is 2. The van der Waals surface area contributed by atoms with Crippen LogP contribution in [0.3, 0.4) is 0 Å². The Bertz CT molecular complexity index is 684. The lowest BCUT2D eigenvalue weighted by Crippen LogP contribution is -2.49. The van der Waals surface area contributed by atoms with Crippen LogP contribution < -0.4 is 0 Å². The van der Waals surface area contributed by atoms with E-state index in [1.165, 1.54) is 24.7 Å². The third-order valence-corrected chi connectivity index (χ3v) is 6.80. The van der Waals surface area contributed by atoms with Crippen molar-refractivity contribution in [3.05, 3.63) is 35.1 Å². The number of sulfonamides is 1. The summed E-state index contributed by atoms with van der Waals surface area (Å²) in [7, 11) is -3.08. The van der Waals surface area contributed by atoms with Gasteiger partial charge in [0.2, 0.25) is 10.0 Å². The predicted octanol–water partition coefficient (Wildman–Crippen LogP) is 3.09. The summed E-state index contributed by atoms with van der Waals surface area (Å²) in [6.07, 6.45) is 6.52. The van der Waals surface area contributed by atoms with Crippen LogP contribution in [0.15, 0.2) is 18.2 Å². The van der Waals surface area contributed by atoms with E-state index in [1.54, 1.807) is 16.4 Å². The van der Waals surface area contributed by atoms with Crippen LogP contribution in [0, 0.1) is 12.7 Å². The van der Waals surface area contributed by atoms with E-state index in [2.05, 4.69) is 4.90 Å². The van der Waals surface area contributed by atoms with Gasteiger partial charge in [0.1, 0.15) is 5.82 Å². The van der Waals surface area contributed by atoms with Crippen molar-refractivity contribution in [1.82, 2.24) is 9.21 Å². The van der Waals surface area contributed by atoms with Crippen LogP contribution in [0.2, 0.25) is 0 Å². The molecule has 24 heavy (non-hydrogen) atoms. The molecule has 2 aliphatic rings. The van der Waals surface area contributed by atoms with Gasteiger partial charge >= 0.3 is 0 Å². The quantitative estimate of drug-likeness (QED) is 0.837. The monoisotopic (exact) mass is 354 g/mol. The molecule has 1 aromatic rings. The van der Waals surface area contributed by atoms with Crippen LogP contribution >= 0.6 is 0 Å². The van der Waals surface area contributed by atoms with E-state index < -0.39 is 10.0 Å². The molecule has 0 N–H and O–H groups in total. The zero-order valence-corrected chi connectivity index (χ0v) is 15.4. The van der Waals surface area contributed by atoms with Crippen molar-refractivity contribution in [2.45, 2.75) is 51.1 Å². The van der Waals surface area contributed by atoms with Gasteiger partial charge in [0.15, 0.2) is 0 Å². The number of hydrogen-bond acceptors (Lipinski definition) is 3. The first kappa shape index (κ1) is 17.8. The first-order chi connectivity index (χ1) is 11.4. The van der Waals surface area contributed by atoms with Crippen molar-refractivity contribution in [2.75, 3.05) is 25.9 Å². The fourth-order valence-corrected chi connectivity index (χ4v) is 5.12. The van der Waals surface area contributed by atoms with Crippen LogP contribution in [-0.4, -0.2) is 49.6 Å². The topological polar surface area (TPSA) is 40.6 Å². The lowest BCUT2D eigenvalue weighted by molar-refractivity contribution is 0.0644. The van der Waals surface area contributed by atoms with Gasteiger partial charge in [-0.3, -0.25) is 4.90 Å². The number of benzene rings is 1. The maximum atomic E-state index is 13.4. The Hall–Kier alpha value is -0.980. The van der Waals surface area contributed by atoms with Gasteiger partial charge in [-0.1, -0.05) is 12.5 Å². The summed E-state index contributed by atoms with van der Waals surface area (Å²) in [6, 6.07) is 5.85. The third-order valence-electron chi connectivity index (χ3n) is 5.50. The zero-order chi connectivity index (χ0) is 17.3. The highest BCUT2D eigenvalue weighted by Gasteiger charge is 2.34. The molecule has 1 atom stereocenters. The average Bonchev–Trinajstić information content (AvgIpc) is 2.54. The molecule has 1 unspecified atom stereocenters. The second-order valence-electron chi connectivity index (χ2n) is 7.14. The van der Waals surface area contributed by atoms with Crippen molar-refractivity contribution < 1.29 is 12.8 Å². The van der Waals surface area contributed by atoms with Crippen molar-refractivity contribution >= 4 is 10.0 Å².